The number of carbonyl (C=O) groups excluding carboxylic acids is 2. The molecule has 10 heteroatoms. The van der Waals surface area contributed by atoms with E-state index in [9.17, 15) is 29.4 Å². The van der Waals surface area contributed by atoms with Gasteiger partial charge >= 0.3 is 11.9 Å². The van der Waals surface area contributed by atoms with Gasteiger partial charge in [-0.25, -0.2) is 4.99 Å². The summed E-state index contributed by atoms with van der Waals surface area (Å²) in [6.07, 6.45) is 9.23. The lowest BCUT2D eigenvalue weighted by atomic mass is 10.0. The van der Waals surface area contributed by atoms with E-state index >= 15 is 0 Å². The molecule has 0 spiro atoms. The first-order valence-corrected chi connectivity index (χ1v) is 14.1. The van der Waals surface area contributed by atoms with E-state index in [1.165, 1.54) is 6.08 Å². The molecule has 224 valence electrons. The van der Waals surface area contributed by atoms with Crippen molar-refractivity contribution in [2.75, 3.05) is 0 Å². The number of amides is 2. The van der Waals surface area contributed by atoms with Gasteiger partial charge in [0.15, 0.2) is 0 Å². The summed E-state index contributed by atoms with van der Waals surface area (Å²) in [6, 6.07) is 0. The van der Waals surface area contributed by atoms with E-state index in [1.807, 2.05) is 45.9 Å². The lowest BCUT2D eigenvalue weighted by Crippen LogP contribution is -2.16. The van der Waals surface area contributed by atoms with E-state index in [4.69, 9.17) is 0 Å². The molecule has 1 atom stereocenters. The van der Waals surface area contributed by atoms with Crippen LogP contribution >= 0.6 is 0 Å². The molecule has 2 aliphatic rings. The maximum Gasteiger partial charge on any atom is 0.303 e. The number of hydrogen-bond donors (Lipinski definition) is 5. The summed E-state index contributed by atoms with van der Waals surface area (Å²) in [4.78, 5) is 58.6. The van der Waals surface area contributed by atoms with Gasteiger partial charge < -0.3 is 25.5 Å². The Morgan fingerprint density at radius 2 is 1.56 bits per heavy atom. The Labute approximate surface area is 249 Å². The van der Waals surface area contributed by atoms with Crippen molar-refractivity contribution in [2.24, 2.45) is 10.9 Å². The van der Waals surface area contributed by atoms with Gasteiger partial charge in [0, 0.05) is 46.2 Å². The Kier molecular flexibility index (Phi) is 8.99. The molecule has 1 fully saturated rings. The molecule has 43 heavy (non-hydrogen) atoms. The highest BCUT2D eigenvalue weighted by Gasteiger charge is 2.29. The second-order valence-corrected chi connectivity index (χ2v) is 10.7. The van der Waals surface area contributed by atoms with Crippen molar-refractivity contribution in [1.82, 2.24) is 15.3 Å². The molecule has 0 saturated carbocycles. The summed E-state index contributed by atoms with van der Waals surface area (Å²) >= 11 is 0. The number of aliphatic imine (C=N–C) groups is 1. The average Bonchev–Trinajstić information content (AvgIpc) is 3.59. The second-order valence-electron chi connectivity index (χ2n) is 10.7. The van der Waals surface area contributed by atoms with Crippen LogP contribution in [0.15, 0.2) is 46.1 Å². The van der Waals surface area contributed by atoms with Gasteiger partial charge in [-0.05, 0) is 99.1 Å². The predicted octanol–water partition coefficient (Wildman–Crippen LogP) is 3.14. The standard InChI is InChI=1S/C33H36N4O6/c1-7-20-19(6)32(42)37-27(20)14-25-18(5)23(10-12-31(40)41)29(35-25)15-28-22(9-11-30(38)39)17(4)24(34-28)13-26-16(3)21(8-2)33(43)36-26/h7-8,13-15,19,34-35H,2,9-12H2,1,3-6H3,(H,37,42)(H,38,39)(H,40,41)/b20-7+,24-13-,27-14-,28-15-/i15+1. The highest BCUT2D eigenvalue weighted by atomic mass is 16.4. The zero-order chi connectivity index (χ0) is 31.6. The zero-order valence-corrected chi connectivity index (χ0v) is 25.0. The first-order valence-electron chi connectivity index (χ1n) is 14.1. The van der Waals surface area contributed by atoms with Crippen molar-refractivity contribution in [3.8, 4) is 0 Å². The van der Waals surface area contributed by atoms with E-state index in [0.29, 0.717) is 38.9 Å². The lowest BCUT2D eigenvalue weighted by molar-refractivity contribution is -0.138. The summed E-state index contributed by atoms with van der Waals surface area (Å²) in [6.45, 7) is 13.0. The van der Waals surface area contributed by atoms with Gasteiger partial charge in [0.05, 0.1) is 11.6 Å². The molecule has 0 radical (unpaired) electrons. The van der Waals surface area contributed by atoms with Crippen LogP contribution in [-0.2, 0) is 32.0 Å². The van der Waals surface area contributed by atoms with Crippen LogP contribution in [-0.4, -0.2) is 49.6 Å². The maximum absolute atomic E-state index is 12.3. The summed E-state index contributed by atoms with van der Waals surface area (Å²) in [5, 5.41) is 23.1. The van der Waals surface area contributed by atoms with E-state index in [2.05, 4.69) is 26.9 Å². The first-order chi connectivity index (χ1) is 20.4. The monoisotopic (exact) mass is 585 g/mol. The van der Waals surface area contributed by atoms with E-state index < -0.39 is 11.9 Å². The SMILES string of the molecule is C=CC1=C(C)C(/C=c2\[nH]/c(=[13CH]\c3[nH]c(/C=C4\NC(=O)C(C)\C4=C/C)c(C)c3CCC(=O)O)c(CCC(=O)O)c2C)=NC1=O. The van der Waals surface area contributed by atoms with Crippen LogP contribution in [0.3, 0.4) is 0 Å². The minimum Gasteiger partial charge on any atom is -0.481 e. The predicted molar refractivity (Wildman–Crippen MR) is 165 cm³/mol. The Hall–Kier alpha value is -4.99. The fraction of sp³-hybridized carbons (Fsp3) is 0.303. The fourth-order valence-corrected chi connectivity index (χ4v) is 5.57. The Balaban J connectivity index is 1.91. The van der Waals surface area contributed by atoms with Crippen LogP contribution < -0.4 is 16.0 Å². The number of aromatic amines is 2. The van der Waals surface area contributed by atoms with Gasteiger partial charge in [0.2, 0.25) is 5.91 Å². The quantitative estimate of drug-likeness (QED) is 0.269. The number of carboxylic acid groups (broad SMARTS) is 2. The van der Waals surface area contributed by atoms with Crippen LogP contribution in [0.2, 0.25) is 0 Å². The molecule has 1 unspecified atom stereocenters. The molecule has 1 saturated heterocycles. The average molecular weight is 586 g/mol. The van der Waals surface area contributed by atoms with Gasteiger partial charge in [-0.3, -0.25) is 19.2 Å². The number of carboxylic acids is 2. The van der Waals surface area contributed by atoms with E-state index in [-0.39, 0.29) is 43.4 Å². The zero-order valence-electron chi connectivity index (χ0n) is 25.0. The normalized spacial score (nSPS) is 19.7. The molecule has 4 heterocycles. The third kappa shape index (κ3) is 6.28. The molecular weight excluding hydrogens is 549 g/mol. The highest BCUT2D eigenvalue weighted by Crippen LogP contribution is 2.29. The summed E-state index contributed by atoms with van der Waals surface area (Å²) in [5.74, 6) is -2.59. The molecular formula is C33H36N4O6. The molecule has 2 aliphatic heterocycles. The number of nitrogens with zero attached hydrogens (tertiary/aromatic N) is 1. The second kappa shape index (κ2) is 12.5. The van der Waals surface area contributed by atoms with Crippen molar-refractivity contribution in [1.29, 1.82) is 0 Å². The van der Waals surface area contributed by atoms with Gasteiger partial charge in [0.1, 0.15) is 0 Å². The molecule has 10 nitrogen and oxygen atoms in total. The number of hydrogen-bond acceptors (Lipinski definition) is 4. The summed E-state index contributed by atoms with van der Waals surface area (Å²) in [5.41, 5.74) is 7.87. The third-order valence-electron chi connectivity index (χ3n) is 8.12. The van der Waals surface area contributed by atoms with Crippen LogP contribution in [0.4, 0.5) is 0 Å². The van der Waals surface area contributed by atoms with Crippen molar-refractivity contribution in [3.05, 3.63) is 85.5 Å². The van der Waals surface area contributed by atoms with Crippen LogP contribution in [0, 0.1) is 19.8 Å². The first kappa shape index (κ1) is 31.0. The summed E-state index contributed by atoms with van der Waals surface area (Å²) in [7, 11) is 0. The Morgan fingerprint density at radius 3 is 2.14 bits per heavy atom. The fourth-order valence-electron chi connectivity index (χ4n) is 5.57. The van der Waals surface area contributed by atoms with Crippen LogP contribution in [0.5, 0.6) is 0 Å². The molecule has 0 bridgehead atoms. The highest BCUT2D eigenvalue weighted by molar-refractivity contribution is 6.31. The molecule has 5 N–H and O–H groups in total. The number of allylic oxidation sites excluding steroid dienone is 3. The van der Waals surface area contributed by atoms with Gasteiger partial charge in [-0.15, -0.1) is 0 Å². The van der Waals surface area contributed by atoms with Gasteiger partial charge in [-0.1, -0.05) is 18.7 Å². The van der Waals surface area contributed by atoms with E-state index in [0.717, 1.165) is 33.5 Å². The Morgan fingerprint density at radius 1 is 0.907 bits per heavy atom. The minimum atomic E-state index is -0.934. The summed E-state index contributed by atoms with van der Waals surface area (Å²) < 4.78 is 0. The molecule has 2 aromatic heterocycles. The van der Waals surface area contributed by atoms with Gasteiger partial charge in [-0.2, -0.15) is 0 Å². The lowest BCUT2D eigenvalue weighted by Gasteiger charge is -2.03. The smallest absolute Gasteiger partial charge is 0.303 e. The minimum absolute atomic E-state index is 0.0802. The molecule has 0 aliphatic carbocycles. The van der Waals surface area contributed by atoms with Gasteiger partial charge in [0.25, 0.3) is 5.91 Å². The van der Waals surface area contributed by atoms with Crippen molar-refractivity contribution in [3.63, 3.8) is 0 Å². The van der Waals surface area contributed by atoms with Crippen LogP contribution in [0.25, 0.3) is 18.2 Å². The molecule has 2 amide bonds. The largest absolute Gasteiger partial charge is 0.481 e. The number of rotatable bonds is 10. The molecule has 0 aromatic carbocycles. The Bertz CT molecular complexity index is 1810. The number of aromatic nitrogens is 2. The van der Waals surface area contributed by atoms with Crippen molar-refractivity contribution >= 4 is 47.7 Å². The topological polar surface area (TPSA) is 165 Å². The third-order valence-corrected chi connectivity index (χ3v) is 8.12. The van der Waals surface area contributed by atoms with Crippen LogP contribution in [0.1, 0.15) is 67.3 Å². The van der Waals surface area contributed by atoms with E-state index in [1.54, 1.807) is 13.0 Å². The number of nitrogens with one attached hydrogen (secondary N) is 3. The van der Waals surface area contributed by atoms with Crippen molar-refractivity contribution in [2.45, 2.75) is 60.3 Å². The number of carbonyl (C=O) groups is 4. The molecule has 4 rings (SSSR count). The number of H-pyrrole nitrogens is 2. The number of aliphatic carboxylic acids is 2. The maximum atomic E-state index is 12.3. The van der Waals surface area contributed by atoms with Crippen molar-refractivity contribution < 1.29 is 29.4 Å². The molecule has 2 aromatic rings.